The van der Waals surface area contributed by atoms with Crippen LogP contribution in [0.1, 0.15) is 18.5 Å². The molecule has 1 unspecified atom stereocenters. The molecule has 0 aliphatic heterocycles. The number of nitrogens with two attached hydrogens (primary N) is 1. The predicted octanol–water partition coefficient (Wildman–Crippen LogP) is 3.26. The van der Waals surface area contributed by atoms with Crippen LogP contribution in [0.15, 0.2) is 52.5 Å². The third-order valence-electron chi connectivity index (χ3n) is 2.57. The van der Waals surface area contributed by atoms with Crippen LogP contribution >= 0.6 is 11.8 Å². The Hall–Kier alpha value is -1.52. The average molecular weight is 260 g/mol. The van der Waals surface area contributed by atoms with Gasteiger partial charge < -0.3 is 10.5 Å². The monoisotopic (exact) mass is 260 g/mol. The molecule has 1 aromatic heterocycles. The number of nitrogens with zero attached hydrogens (tertiary/aromatic N) is 1. The van der Waals surface area contributed by atoms with Gasteiger partial charge in [-0.25, -0.2) is 4.98 Å². The van der Waals surface area contributed by atoms with Crippen molar-refractivity contribution < 1.29 is 4.74 Å². The molecule has 2 aromatic rings. The minimum atomic E-state index is 0.0255. The molecule has 1 heterocycles. The number of hydrogen-bond donors (Lipinski definition) is 1. The smallest absolute Gasteiger partial charge is 0.118 e. The number of rotatable bonds is 4. The van der Waals surface area contributed by atoms with Gasteiger partial charge in [-0.2, -0.15) is 0 Å². The minimum absolute atomic E-state index is 0.0255. The molecule has 0 fully saturated rings. The Morgan fingerprint density at radius 3 is 2.39 bits per heavy atom. The van der Waals surface area contributed by atoms with Crippen LogP contribution in [0.4, 0.5) is 0 Å². The summed E-state index contributed by atoms with van der Waals surface area (Å²) in [4.78, 5) is 5.53. The van der Waals surface area contributed by atoms with E-state index in [4.69, 9.17) is 10.5 Å². The SMILES string of the molecule is COc1ccc(Sc2ccc(C(C)N)cn2)cc1. The second kappa shape index (κ2) is 5.89. The van der Waals surface area contributed by atoms with Gasteiger partial charge in [0.1, 0.15) is 10.8 Å². The van der Waals surface area contributed by atoms with Crippen LogP contribution in [0, 0.1) is 0 Å². The lowest BCUT2D eigenvalue weighted by Gasteiger charge is -2.06. The van der Waals surface area contributed by atoms with Crippen LogP contribution < -0.4 is 10.5 Å². The molecule has 0 aliphatic carbocycles. The third kappa shape index (κ3) is 3.24. The van der Waals surface area contributed by atoms with Gasteiger partial charge in [0.2, 0.25) is 0 Å². The fraction of sp³-hybridized carbons (Fsp3) is 0.214. The Morgan fingerprint density at radius 1 is 1.17 bits per heavy atom. The van der Waals surface area contributed by atoms with Crippen LogP contribution in [0.25, 0.3) is 0 Å². The highest BCUT2D eigenvalue weighted by Gasteiger charge is 2.02. The first-order chi connectivity index (χ1) is 8.69. The molecule has 1 aromatic carbocycles. The van der Waals surface area contributed by atoms with Crippen molar-refractivity contribution in [2.24, 2.45) is 5.73 Å². The molecule has 1 atom stereocenters. The van der Waals surface area contributed by atoms with E-state index in [-0.39, 0.29) is 6.04 Å². The number of ether oxygens (including phenoxy) is 1. The topological polar surface area (TPSA) is 48.1 Å². The van der Waals surface area contributed by atoms with Crippen LogP contribution in [0.2, 0.25) is 0 Å². The molecule has 2 rings (SSSR count). The van der Waals surface area contributed by atoms with Gasteiger partial charge in [0, 0.05) is 17.1 Å². The summed E-state index contributed by atoms with van der Waals surface area (Å²) in [6, 6.07) is 12.0. The summed E-state index contributed by atoms with van der Waals surface area (Å²) < 4.78 is 5.12. The molecule has 3 nitrogen and oxygen atoms in total. The van der Waals surface area contributed by atoms with Crippen molar-refractivity contribution in [3.05, 3.63) is 48.2 Å². The summed E-state index contributed by atoms with van der Waals surface area (Å²) in [6.45, 7) is 1.95. The minimum Gasteiger partial charge on any atom is -0.497 e. The van der Waals surface area contributed by atoms with E-state index in [0.29, 0.717) is 0 Å². The zero-order valence-electron chi connectivity index (χ0n) is 10.5. The molecule has 4 heteroatoms. The van der Waals surface area contributed by atoms with Crippen molar-refractivity contribution in [2.45, 2.75) is 22.9 Å². The maximum atomic E-state index is 5.79. The molecule has 0 saturated heterocycles. The first kappa shape index (κ1) is 12.9. The summed E-state index contributed by atoms with van der Waals surface area (Å²) in [5, 5.41) is 0.963. The Balaban J connectivity index is 2.08. The second-order valence-electron chi connectivity index (χ2n) is 4.00. The van der Waals surface area contributed by atoms with Gasteiger partial charge in [0.05, 0.1) is 7.11 Å². The zero-order valence-corrected chi connectivity index (χ0v) is 11.3. The number of hydrogen-bond acceptors (Lipinski definition) is 4. The van der Waals surface area contributed by atoms with Gasteiger partial charge in [0.15, 0.2) is 0 Å². The molecular weight excluding hydrogens is 244 g/mol. The van der Waals surface area contributed by atoms with E-state index in [9.17, 15) is 0 Å². The van der Waals surface area contributed by atoms with E-state index < -0.39 is 0 Å². The van der Waals surface area contributed by atoms with Crippen molar-refractivity contribution >= 4 is 11.8 Å². The number of benzene rings is 1. The van der Waals surface area contributed by atoms with Gasteiger partial charge in [-0.15, -0.1) is 0 Å². The van der Waals surface area contributed by atoms with Crippen molar-refractivity contribution in [1.29, 1.82) is 0 Å². The first-order valence-electron chi connectivity index (χ1n) is 5.72. The van der Waals surface area contributed by atoms with E-state index >= 15 is 0 Å². The first-order valence-corrected chi connectivity index (χ1v) is 6.54. The van der Waals surface area contributed by atoms with Gasteiger partial charge in [-0.05, 0) is 42.8 Å². The van der Waals surface area contributed by atoms with Crippen LogP contribution in [0.5, 0.6) is 5.75 Å². The predicted molar refractivity (Wildman–Crippen MR) is 74.0 cm³/mol. The largest absolute Gasteiger partial charge is 0.497 e. The summed E-state index contributed by atoms with van der Waals surface area (Å²) >= 11 is 1.62. The standard InChI is InChI=1S/C14H16N2OS/c1-10(15)11-3-8-14(16-9-11)18-13-6-4-12(17-2)5-7-13/h3-10H,15H2,1-2H3. The molecule has 2 N–H and O–H groups in total. The Labute approximate surface area is 111 Å². The fourth-order valence-corrected chi connectivity index (χ4v) is 2.24. The third-order valence-corrected chi connectivity index (χ3v) is 3.53. The molecule has 94 valence electrons. The summed E-state index contributed by atoms with van der Waals surface area (Å²) in [5.41, 5.74) is 6.84. The number of methoxy groups -OCH3 is 1. The lowest BCUT2D eigenvalue weighted by Crippen LogP contribution is -2.04. The Bertz CT molecular complexity index is 494. The molecular formula is C14H16N2OS. The average Bonchev–Trinajstić information content (AvgIpc) is 2.40. The van der Waals surface area contributed by atoms with Crippen molar-refractivity contribution in [1.82, 2.24) is 4.98 Å². The highest BCUT2D eigenvalue weighted by Crippen LogP contribution is 2.27. The highest BCUT2D eigenvalue weighted by atomic mass is 32.2. The molecule has 0 amide bonds. The van der Waals surface area contributed by atoms with Crippen molar-refractivity contribution in [2.75, 3.05) is 7.11 Å². The lowest BCUT2D eigenvalue weighted by atomic mass is 10.2. The summed E-state index contributed by atoms with van der Waals surface area (Å²) in [5.74, 6) is 0.861. The van der Waals surface area contributed by atoms with Crippen LogP contribution in [-0.2, 0) is 0 Å². The second-order valence-corrected chi connectivity index (χ2v) is 5.09. The Kier molecular flexibility index (Phi) is 4.23. The van der Waals surface area contributed by atoms with E-state index in [1.165, 1.54) is 0 Å². The molecule has 0 radical (unpaired) electrons. The van der Waals surface area contributed by atoms with Gasteiger partial charge >= 0.3 is 0 Å². The summed E-state index contributed by atoms with van der Waals surface area (Å²) in [7, 11) is 1.66. The molecule has 0 saturated carbocycles. The highest BCUT2D eigenvalue weighted by molar-refractivity contribution is 7.99. The Morgan fingerprint density at radius 2 is 1.89 bits per heavy atom. The van der Waals surface area contributed by atoms with Crippen molar-refractivity contribution in [3.63, 3.8) is 0 Å². The van der Waals surface area contributed by atoms with Gasteiger partial charge in [-0.3, -0.25) is 0 Å². The normalized spacial score (nSPS) is 12.2. The van der Waals surface area contributed by atoms with E-state index in [0.717, 1.165) is 21.2 Å². The van der Waals surface area contributed by atoms with E-state index in [2.05, 4.69) is 4.98 Å². The van der Waals surface area contributed by atoms with Gasteiger partial charge in [-0.1, -0.05) is 17.8 Å². The molecule has 0 spiro atoms. The molecule has 0 bridgehead atoms. The van der Waals surface area contributed by atoms with Crippen LogP contribution in [-0.4, -0.2) is 12.1 Å². The lowest BCUT2D eigenvalue weighted by molar-refractivity contribution is 0.414. The van der Waals surface area contributed by atoms with Crippen LogP contribution in [0.3, 0.4) is 0 Å². The maximum Gasteiger partial charge on any atom is 0.118 e. The quantitative estimate of drug-likeness (QED) is 0.916. The van der Waals surface area contributed by atoms with Gasteiger partial charge in [0.25, 0.3) is 0 Å². The number of aromatic nitrogens is 1. The zero-order chi connectivity index (χ0) is 13.0. The summed E-state index contributed by atoms with van der Waals surface area (Å²) in [6.07, 6.45) is 1.83. The van der Waals surface area contributed by atoms with E-state index in [1.54, 1.807) is 18.9 Å². The van der Waals surface area contributed by atoms with Crippen molar-refractivity contribution in [3.8, 4) is 5.75 Å². The maximum absolute atomic E-state index is 5.79. The molecule has 18 heavy (non-hydrogen) atoms. The fourth-order valence-electron chi connectivity index (χ4n) is 1.49. The number of pyridine rings is 1. The van der Waals surface area contributed by atoms with E-state index in [1.807, 2.05) is 49.5 Å². The molecule has 0 aliphatic rings.